The first kappa shape index (κ1) is 13.9. The Morgan fingerprint density at radius 2 is 2.29 bits per heavy atom. The van der Waals surface area contributed by atoms with Crippen LogP contribution in [0.2, 0.25) is 0 Å². The lowest BCUT2D eigenvalue weighted by Crippen LogP contribution is -2.39. The summed E-state index contributed by atoms with van der Waals surface area (Å²) in [6.07, 6.45) is 3.79. The zero-order valence-electron chi connectivity index (χ0n) is 12.2. The third-order valence-electron chi connectivity index (χ3n) is 4.19. The molecular formula is C16H20N2O3. The summed E-state index contributed by atoms with van der Waals surface area (Å²) in [4.78, 5) is 14.2. The van der Waals surface area contributed by atoms with Gasteiger partial charge in [-0.2, -0.15) is 0 Å². The van der Waals surface area contributed by atoms with Gasteiger partial charge in [-0.1, -0.05) is 0 Å². The Labute approximate surface area is 123 Å². The summed E-state index contributed by atoms with van der Waals surface area (Å²) in [7, 11) is 1.64. The van der Waals surface area contributed by atoms with Gasteiger partial charge in [-0.15, -0.1) is 0 Å². The number of rotatable bonds is 4. The van der Waals surface area contributed by atoms with Gasteiger partial charge in [0.05, 0.1) is 19.8 Å². The number of ether oxygens (including phenoxy) is 1. The lowest BCUT2D eigenvalue weighted by Gasteiger charge is -2.23. The van der Waals surface area contributed by atoms with E-state index in [1.54, 1.807) is 12.0 Å². The summed E-state index contributed by atoms with van der Waals surface area (Å²) >= 11 is 0. The van der Waals surface area contributed by atoms with Crippen LogP contribution in [0.1, 0.15) is 12.8 Å². The molecule has 1 aliphatic rings. The van der Waals surface area contributed by atoms with E-state index in [9.17, 15) is 9.90 Å². The van der Waals surface area contributed by atoms with Crippen molar-refractivity contribution in [1.29, 1.82) is 0 Å². The number of carbonyl (C=O) groups excluding carboxylic acids is 1. The Hall–Kier alpha value is -2.01. The molecule has 1 saturated heterocycles. The van der Waals surface area contributed by atoms with E-state index in [-0.39, 0.29) is 18.6 Å². The molecule has 1 atom stereocenters. The highest BCUT2D eigenvalue weighted by molar-refractivity contribution is 5.84. The Balaban J connectivity index is 1.80. The van der Waals surface area contributed by atoms with Gasteiger partial charge in [0.25, 0.3) is 0 Å². The highest BCUT2D eigenvalue weighted by atomic mass is 16.5. The molecule has 5 heteroatoms. The molecule has 2 heterocycles. The second-order valence-corrected chi connectivity index (χ2v) is 5.43. The molecule has 1 fully saturated rings. The van der Waals surface area contributed by atoms with Gasteiger partial charge in [-0.3, -0.25) is 4.79 Å². The SMILES string of the molecule is COc1ccc2c(ccn2CC(=O)N2CCC[C@@H]2CO)c1. The van der Waals surface area contributed by atoms with Crippen LogP contribution in [0.15, 0.2) is 30.5 Å². The van der Waals surface area contributed by atoms with E-state index in [0.717, 1.165) is 36.0 Å². The monoisotopic (exact) mass is 288 g/mol. The number of amides is 1. The number of aliphatic hydroxyl groups excluding tert-OH is 1. The Morgan fingerprint density at radius 1 is 1.43 bits per heavy atom. The highest BCUT2D eigenvalue weighted by Gasteiger charge is 2.28. The van der Waals surface area contributed by atoms with Gasteiger partial charge < -0.3 is 19.3 Å². The molecule has 0 saturated carbocycles. The molecule has 1 aromatic heterocycles. The largest absolute Gasteiger partial charge is 0.497 e. The van der Waals surface area contributed by atoms with Crippen molar-refractivity contribution in [2.45, 2.75) is 25.4 Å². The van der Waals surface area contributed by atoms with Crippen LogP contribution in [0.3, 0.4) is 0 Å². The molecule has 0 aliphatic carbocycles. The molecule has 0 radical (unpaired) electrons. The zero-order valence-corrected chi connectivity index (χ0v) is 12.2. The first-order chi connectivity index (χ1) is 10.2. The summed E-state index contributed by atoms with van der Waals surface area (Å²) in [6.45, 7) is 1.11. The third-order valence-corrected chi connectivity index (χ3v) is 4.19. The first-order valence-electron chi connectivity index (χ1n) is 7.26. The number of fused-ring (bicyclic) bond motifs is 1. The van der Waals surface area contributed by atoms with Crippen molar-refractivity contribution in [3.63, 3.8) is 0 Å². The van der Waals surface area contributed by atoms with Gasteiger partial charge in [0, 0.05) is 23.6 Å². The van der Waals surface area contributed by atoms with Crippen molar-refractivity contribution in [3.05, 3.63) is 30.5 Å². The molecule has 1 N–H and O–H groups in total. The number of aromatic nitrogens is 1. The number of carbonyl (C=O) groups is 1. The topological polar surface area (TPSA) is 54.7 Å². The van der Waals surface area contributed by atoms with Crippen LogP contribution in [-0.2, 0) is 11.3 Å². The van der Waals surface area contributed by atoms with E-state index in [2.05, 4.69) is 0 Å². The maximum Gasteiger partial charge on any atom is 0.242 e. The van der Waals surface area contributed by atoms with Crippen LogP contribution in [0.4, 0.5) is 0 Å². The van der Waals surface area contributed by atoms with Crippen molar-refractivity contribution in [1.82, 2.24) is 9.47 Å². The van der Waals surface area contributed by atoms with Gasteiger partial charge in [0.2, 0.25) is 5.91 Å². The van der Waals surface area contributed by atoms with Crippen LogP contribution in [0.5, 0.6) is 5.75 Å². The van der Waals surface area contributed by atoms with Crippen molar-refractivity contribution >= 4 is 16.8 Å². The molecule has 1 aromatic carbocycles. The molecule has 0 unspecified atom stereocenters. The minimum Gasteiger partial charge on any atom is -0.497 e. The van der Waals surface area contributed by atoms with Crippen LogP contribution in [-0.4, -0.2) is 46.8 Å². The smallest absolute Gasteiger partial charge is 0.242 e. The molecule has 2 aromatic rings. The second kappa shape index (κ2) is 5.77. The van der Waals surface area contributed by atoms with Gasteiger partial charge in [-0.25, -0.2) is 0 Å². The van der Waals surface area contributed by atoms with Crippen LogP contribution >= 0.6 is 0 Å². The predicted octanol–water partition coefficient (Wildman–Crippen LogP) is 1.63. The molecule has 1 aliphatic heterocycles. The number of hydrogen-bond acceptors (Lipinski definition) is 3. The van der Waals surface area contributed by atoms with E-state index in [4.69, 9.17) is 4.74 Å². The minimum atomic E-state index is -0.0144. The van der Waals surface area contributed by atoms with E-state index in [0.29, 0.717) is 6.54 Å². The standard InChI is InChI=1S/C16H20N2O3/c1-21-14-4-5-15-12(9-14)6-8-17(15)10-16(20)18-7-2-3-13(18)11-19/h4-6,8-9,13,19H,2-3,7,10-11H2,1H3/t13-/m1/s1. The third kappa shape index (κ3) is 2.61. The summed E-state index contributed by atoms with van der Waals surface area (Å²) < 4.78 is 7.16. The normalized spacial score (nSPS) is 18.4. The van der Waals surface area contributed by atoms with E-state index in [1.165, 1.54) is 0 Å². The number of benzene rings is 1. The summed E-state index contributed by atoms with van der Waals surface area (Å²) in [6, 6.07) is 7.80. The predicted molar refractivity (Wildman–Crippen MR) is 80.3 cm³/mol. The summed E-state index contributed by atoms with van der Waals surface area (Å²) in [5, 5.41) is 10.4. The van der Waals surface area contributed by atoms with Gasteiger partial charge in [0.15, 0.2) is 0 Å². The average Bonchev–Trinajstić information content (AvgIpc) is 3.13. The lowest BCUT2D eigenvalue weighted by atomic mass is 10.2. The number of nitrogens with zero attached hydrogens (tertiary/aromatic N) is 2. The average molecular weight is 288 g/mol. The lowest BCUT2D eigenvalue weighted by molar-refractivity contribution is -0.133. The minimum absolute atomic E-state index is 0.0144. The van der Waals surface area contributed by atoms with Crippen LogP contribution < -0.4 is 4.74 Å². The molecule has 112 valence electrons. The van der Waals surface area contributed by atoms with Gasteiger partial charge in [0.1, 0.15) is 12.3 Å². The molecular weight excluding hydrogens is 268 g/mol. The molecule has 5 nitrogen and oxygen atoms in total. The zero-order chi connectivity index (χ0) is 14.8. The molecule has 21 heavy (non-hydrogen) atoms. The van der Waals surface area contributed by atoms with E-state index in [1.807, 2.05) is 35.0 Å². The van der Waals surface area contributed by atoms with Crippen LogP contribution in [0, 0.1) is 0 Å². The number of hydrogen-bond donors (Lipinski definition) is 1. The summed E-state index contributed by atoms with van der Waals surface area (Å²) in [5.41, 5.74) is 1.02. The van der Waals surface area contributed by atoms with Gasteiger partial charge >= 0.3 is 0 Å². The van der Waals surface area contributed by atoms with Crippen molar-refractivity contribution < 1.29 is 14.6 Å². The molecule has 1 amide bonds. The van der Waals surface area contributed by atoms with Crippen molar-refractivity contribution in [2.75, 3.05) is 20.3 Å². The second-order valence-electron chi connectivity index (χ2n) is 5.43. The fraction of sp³-hybridized carbons (Fsp3) is 0.438. The summed E-state index contributed by atoms with van der Waals surface area (Å²) in [5.74, 6) is 0.881. The Bertz CT molecular complexity index is 650. The number of likely N-dealkylation sites (tertiary alicyclic amines) is 1. The number of aliphatic hydroxyl groups is 1. The van der Waals surface area contributed by atoms with Crippen LogP contribution in [0.25, 0.3) is 10.9 Å². The highest BCUT2D eigenvalue weighted by Crippen LogP contribution is 2.23. The maximum atomic E-state index is 12.4. The fourth-order valence-corrected chi connectivity index (χ4v) is 3.03. The maximum absolute atomic E-state index is 12.4. The van der Waals surface area contributed by atoms with E-state index >= 15 is 0 Å². The van der Waals surface area contributed by atoms with Crippen molar-refractivity contribution in [2.24, 2.45) is 0 Å². The quantitative estimate of drug-likeness (QED) is 0.930. The fourth-order valence-electron chi connectivity index (χ4n) is 3.03. The molecule has 0 bridgehead atoms. The van der Waals surface area contributed by atoms with Crippen molar-refractivity contribution in [3.8, 4) is 5.75 Å². The van der Waals surface area contributed by atoms with E-state index < -0.39 is 0 Å². The molecule has 0 spiro atoms. The molecule has 3 rings (SSSR count). The number of methoxy groups -OCH3 is 1. The first-order valence-corrected chi connectivity index (χ1v) is 7.26. The Kier molecular flexibility index (Phi) is 3.84. The Morgan fingerprint density at radius 3 is 3.05 bits per heavy atom. The van der Waals surface area contributed by atoms with Gasteiger partial charge in [-0.05, 0) is 37.1 Å².